The number of carbonyl (C=O) groups is 3. The third-order valence-electron chi connectivity index (χ3n) is 2.05. The standard InChI is InChI=1S/C14H15NO5/c1-2-19-13(17)8-9-14(18)20-10-12(16)15-11-6-4-3-5-7-11/h3-9H,2,10H2,1H3,(H,15,16)/b9-8+. The maximum absolute atomic E-state index is 11.5. The normalized spacial score (nSPS) is 10.1. The molecule has 0 radical (unpaired) electrons. The third-order valence-corrected chi connectivity index (χ3v) is 2.05. The monoisotopic (exact) mass is 277 g/mol. The molecule has 0 bridgehead atoms. The van der Waals surface area contributed by atoms with Crippen molar-refractivity contribution in [3.63, 3.8) is 0 Å². The lowest BCUT2D eigenvalue weighted by molar-refractivity contribution is -0.143. The van der Waals surface area contributed by atoms with Crippen LogP contribution in [0.4, 0.5) is 5.69 Å². The van der Waals surface area contributed by atoms with Crippen LogP contribution in [-0.4, -0.2) is 31.1 Å². The van der Waals surface area contributed by atoms with E-state index in [1.807, 2.05) is 6.07 Å². The first-order valence-corrected chi connectivity index (χ1v) is 5.98. The number of anilines is 1. The quantitative estimate of drug-likeness (QED) is 0.626. The Morgan fingerprint density at radius 1 is 1.05 bits per heavy atom. The van der Waals surface area contributed by atoms with Gasteiger partial charge in [-0.1, -0.05) is 18.2 Å². The molecule has 1 aromatic carbocycles. The topological polar surface area (TPSA) is 81.7 Å². The van der Waals surface area contributed by atoms with Crippen LogP contribution in [-0.2, 0) is 23.9 Å². The second kappa shape index (κ2) is 8.47. The molecule has 0 atom stereocenters. The Morgan fingerprint density at radius 3 is 2.25 bits per heavy atom. The fraction of sp³-hybridized carbons (Fsp3) is 0.214. The molecule has 0 aromatic heterocycles. The van der Waals surface area contributed by atoms with Gasteiger partial charge in [-0.3, -0.25) is 4.79 Å². The van der Waals surface area contributed by atoms with Crippen molar-refractivity contribution in [3.8, 4) is 0 Å². The van der Waals surface area contributed by atoms with Crippen molar-refractivity contribution in [1.82, 2.24) is 0 Å². The van der Waals surface area contributed by atoms with E-state index in [-0.39, 0.29) is 6.61 Å². The van der Waals surface area contributed by atoms with Gasteiger partial charge in [0, 0.05) is 17.8 Å². The molecule has 0 aliphatic carbocycles. The lowest BCUT2D eigenvalue weighted by atomic mass is 10.3. The van der Waals surface area contributed by atoms with E-state index < -0.39 is 24.5 Å². The lowest BCUT2D eigenvalue weighted by Gasteiger charge is -2.04. The molecule has 1 aromatic rings. The number of para-hydroxylation sites is 1. The Bertz CT molecular complexity index is 496. The summed E-state index contributed by atoms with van der Waals surface area (Å²) in [4.78, 5) is 33.6. The zero-order valence-corrected chi connectivity index (χ0v) is 11.0. The summed E-state index contributed by atoms with van der Waals surface area (Å²) in [6.07, 6.45) is 1.86. The highest BCUT2D eigenvalue weighted by atomic mass is 16.5. The number of esters is 2. The molecule has 6 nitrogen and oxygen atoms in total. The van der Waals surface area contributed by atoms with Crippen LogP contribution in [0.3, 0.4) is 0 Å². The average Bonchev–Trinajstić information content (AvgIpc) is 2.44. The molecule has 0 heterocycles. The molecule has 1 rings (SSSR count). The Kier molecular flexibility index (Phi) is 6.53. The molecule has 0 saturated heterocycles. The van der Waals surface area contributed by atoms with E-state index >= 15 is 0 Å². The van der Waals surface area contributed by atoms with E-state index in [1.54, 1.807) is 31.2 Å². The number of hydrogen-bond acceptors (Lipinski definition) is 5. The van der Waals surface area contributed by atoms with Crippen molar-refractivity contribution in [1.29, 1.82) is 0 Å². The first-order chi connectivity index (χ1) is 9.61. The number of hydrogen-bond donors (Lipinski definition) is 1. The first kappa shape index (κ1) is 15.4. The van der Waals surface area contributed by atoms with Crippen molar-refractivity contribution in [2.45, 2.75) is 6.92 Å². The van der Waals surface area contributed by atoms with E-state index in [1.165, 1.54) is 0 Å². The summed E-state index contributed by atoms with van der Waals surface area (Å²) in [5.74, 6) is -1.89. The van der Waals surface area contributed by atoms with Gasteiger partial charge in [-0.2, -0.15) is 0 Å². The van der Waals surface area contributed by atoms with E-state index in [0.29, 0.717) is 5.69 Å². The fourth-order valence-corrected chi connectivity index (χ4v) is 1.23. The molecule has 1 amide bonds. The molecule has 0 aliphatic heterocycles. The van der Waals surface area contributed by atoms with E-state index in [0.717, 1.165) is 12.2 Å². The van der Waals surface area contributed by atoms with Gasteiger partial charge in [0.15, 0.2) is 6.61 Å². The molecular weight excluding hydrogens is 262 g/mol. The summed E-state index contributed by atoms with van der Waals surface area (Å²) >= 11 is 0. The first-order valence-electron chi connectivity index (χ1n) is 5.98. The van der Waals surface area contributed by atoms with Crippen LogP contribution >= 0.6 is 0 Å². The van der Waals surface area contributed by atoms with Crippen molar-refractivity contribution < 1.29 is 23.9 Å². The van der Waals surface area contributed by atoms with Gasteiger partial charge in [-0.25, -0.2) is 9.59 Å². The van der Waals surface area contributed by atoms with Crippen molar-refractivity contribution in [2.75, 3.05) is 18.5 Å². The summed E-state index contributed by atoms with van der Waals surface area (Å²) in [6, 6.07) is 8.77. The number of nitrogens with one attached hydrogen (secondary N) is 1. The summed E-state index contributed by atoms with van der Waals surface area (Å²) in [6.45, 7) is 1.44. The van der Waals surface area contributed by atoms with Gasteiger partial charge in [-0.15, -0.1) is 0 Å². The van der Waals surface area contributed by atoms with Gasteiger partial charge in [-0.05, 0) is 19.1 Å². The highest BCUT2D eigenvalue weighted by Gasteiger charge is 2.06. The van der Waals surface area contributed by atoms with Crippen molar-refractivity contribution in [2.24, 2.45) is 0 Å². The Labute approximate surface area is 116 Å². The lowest BCUT2D eigenvalue weighted by Crippen LogP contribution is -2.20. The summed E-state index contributed by atoms with van der Waals surface area (Å²) in [5.41, 5.74) is 0.607. The highest BCUT2D eigenvalue weighted by Crippen LogP contribution is 2.04. The zero-order chi connectivity index (χ0) is 14.8. The Morgan fingerprint density at radius 2 is 1.65 bits per heavy atom. The molecule has 0 unspecified atom stereocenters. The number of amides is 1. The zero-order valence-electron chi connectivity index (χ0n) is 11.0. The van der Waals surface area contributed by atoms with Crippen LogP contribution in [0, 0.1) is 0 Å². The molecule has 6 heteroatoms. The van der Waals surface area contributed by atoms with Crippen LogP contribution in [0.25, 0.3) is 0 Å². The second-order valence-electron chi connectivity index (χ2n) is 3.61. The molecule has 106 valence electrons. The van der Waals surface area contributed by atoms with Gasteiger partial charge in [0.2, 0.25) is 0 Å². The minimum Gasteiger partial charge on any atom is -0.463 e. The number of carbonyl (C=O) groups excluding carboxylic acids is 3. The smallest absolute Gasteiger partial charge is 0.331 e. The molecular formula is C14H15NO5. The largest absolute Gasteiger partial charge is 0.463 e. The minimum absolute atomic E-state index is 0.220. The minimum atomic E-state index is -0.790. The summed E-state index contributed by atoms with van der Waals surface area (Å²) in [5, 5.41) is 2.55. The maximum atomic E-state index is 11.5. The molecule has 0 aliphatic rings. The van der Waals surface area contributed by atoms with Gasteiger partial charge >= 0.3 is 11.9 Å². The number of rotatable bonds is 6. The molecule has 0 fully saturated rings. The molecule has 20 heavy (non-hydrogen) atoms. The Hall–Kier alpha value is -2.63. The van der Waals surface area contributed by atoms with E-state index in [2.05, 4.69) is 14.8 Å². The third kappa shape index (κ3) is 6.34. The molecule has 0 saturated carbocycles. The van der Waals surface area contributed by atoms with E-state index in [9.17, 15) is 14.4 Å². The van der Waals surface area contributed by atoms with Crippen LogP contribution in [0.5, 0.6) is 0 Å². The SMILES string of the molecule is CCOC(=O)/C=C/C(=O)OCC(=O)Nc1ccccc1. The Balaban J connectivity index is 2.30. The second-order valence-corrected chi connectivity index (χ2v) is 3.61. The van der Waals surface area contributed by atoms with Crippen LogP contribution < -0.4 is 5.32 Å². The fourth-order valence-electron chi connectivity index (χ4n) is 1.23. The van der Waals surface area contributed by atoms with Crippen molar-refractivity contribution >= 4 is 23.5 Å². The predicted molar refractivity (Wildman–Crippen MR) is 71.8 cm³/mol. The average molecular weight is 277 g/mol. The van der Waals surface area contributed by atoms with Crippen LogP contribution in [0.15, 0.2) is 42.5 Å². The number of benzene rings is 1. The van der Waals surface area contributed by atoms with Crippen molar-refractivity contribution in [3.05, 3.63) is 42.5 Å². The van der Waals surface area contributed by atoms with Gasteiger partial charge in [0.1, 0.15) is 0 Å². The van der Waals surface area contributed by atoms with Crippen LogP contribution in [0.1, 0.15) is 6.92 Å². The van der Waals surface area contributed by atoms with Crippen LogP contribution in [0.2, 0.25) is 0 Å². The highest BCUT2D eigenvalue weighted by molar-refractivity contribution is 5.95. The maximum Gasteiger partial charge on any atom is 0.331 e. The summed E-state index contributed by atoms with van der Waals surface area (Å²) < 4.78 is 9.24. The molecule has 1 N–H and O–H groups in total. The molecule has 0 spiro atoms. The number of ether oxygens (including phenoxy) is 2. The van der Waals surface area contributed by atoms with E-state index in [4.69, 9.17) is 0 Å². The summed E-state index contributed by atoms with van der Waals surface area (Å²) in [7, 11) is 0. The van der Waals surface area contributed by atoms with Gasteiger partial charge < -0.3 is 14.8 Å². The predicted octanol–water partition coefficient (Wildman–Crippen LogP) is 1.29. The van der Waals surface area contributed by atoms with Gasteiger partial charge in [0.05, 0.1) is 6.61 Å². The van der Waals surface area contributed by atoms with Gasteiger partial charge in [0.25, 0.3) is 5.91 Å².